The van der Waals surface area contributed by atoms with Crippen molar-refractivity contribution in [2.45, 2.75) is 26.2 Å². The number of benzene rings is 3. The van der Waals surface area contributed by atoms with Crippen LogP contribution < -0.4 is 15.6 Å². The van der Waals surface area contributed by atoms with E-state index in [-0.39, 0.29) is 27.9 Å². The molecule has 4 aromatic rings. The van der Waals surface area contributed by atoms with E-state index in [0.717, 1.165) is 12.1 Å². The molecule has 0 bridgehead atoms. The maximum atomic E-state index is 13.3. The quantitative estimate of drug-likeness (QED) is 0.132. The van der Waals surface area contributed by atoms with Crippen LogP contribution in [0.2, 0.25) is 5.02 Å². The minimum absolute atomic E-state index is 0.106. The summed E-state index contributed by atoms with van der Waals surface area (Å²) in [7, 11) is 0. The summed E-state index contributed by atoms with van der Waals surface area (Å²) < 4.78 is 20.6. The molecule has 4 rings (SSSR count). The standard InChI is InChI=1S/C27H22BrClFN5O5/c1-3-15(2)26-33-22-8-7-17(28)11-20(22)27(37)34(26)31-13-16-9-21(29)25(23(10-16)35(38)39)40-14-24(36)32-19-6-4-5-18(30)12-19/h4-13,15H,3,14H2,1-2H3,(H,32,36)/t15-/m0/s1. The first-order chi connectivity index (χ1) is 19.1. The fourth-order valence-corrected chi connectivity index (χ4v) is 4.40. The molecule has 0 saturated heterocycles. The van der Waals surface area contributed by atoms with Gasteiger partial charge in [0, 0.05) is 27.7 Å². The molecule has 0 aliphatic heterocycles. The lowest BCUT2D eigenvalue weighted by atomic mass is 10.1. The fourth-order valence-electron chi connectivity index (χ4n) is 3.76. The van der Waals surface area contributed by atoms with Crippen LogP contribution in [-0.4, -0.2) is 33.3 Å². The first kappa shape index (κ1) is 28.8. The van der Waals surface area contributed by atoms with Crippen LogP contribution >= 0.6 is 27.5 Å². The van der Waals surface area contributed by atoms with Crippen molar-refractivity contribution in [3.05, 3.63) is 102 Å². The Bertz CT molecular complexity index is 1710. The van der Waals surface area contributed by atoms with Crippen molar-refractivity contribution in [3.63, 3.8) is 0 Å². The summed E-state index contributed by atoms with van der Waals surface area (Å²) in [4.78, 5) is 41.3. The molecule has 0 spiro atoms. The van der Waals surface area contributed by atoms with Crippen molar-refractivity contribution < 1.29 is 18.8 Å². The van der Waals surface area contributed by atoms with Gasteiger partial charge < -0.3 is 10.1 Å². The lowest BCUT2D eigenvalue weighted by molar-refractivity contribution is -0.385. The van der Waals surface area contributed by atoms with Crippen molar-refractivity contribution in [2.75, 3.05) is 11.9 Å². The van der Waals surface area contributed by atoms with Gasteiger partial charge in [0.25, 0.3) is 11.5 Å². The van der Waals surface area contributed by atoms with Crippen molar-refractivity contribution in [3.8, 4) is 5.75 Å². The van der Waals surface area contributed by atoms with E-state index < -0.39 is 34.5 Å². The number of halogens is 3. The molecule has 0 unspecified atom stereocenters. The molecule has 10 nitrogen and oxygen atoms in total. The molecule has 3 aromatic carbocycles. The predicted octanol–water partition coefficient (Wildman–Crippen LogP) is 6.27. The number of nitro groups is 1. The number of hydrogen-bond donors (Lipinski definition) is 1. The second-order valence-corrected chi connectivity index (χ2v) is 10.1. The van der Waals surface area contributed by atoms with Gasteiger partial charge in [-0.05, 0) is 48.9 Å². The van der Waals surface area contributed by atoms with Crippen LogP contribution in [0.15, 0.2) is 69.0 Å². The van der Waals surface area contributed by atoms with E-state index in [0.29, 0.717) is 27.6 Å². The summed E-state index contributed by atoms with van der Waals surface area (Å²) in [5.74, 6) is -1.21. The van der Waals surface area contributed by atoms with E-state index in [4.69, 9.17) is 16.3 Å². The highest BCUT2D eigenvalue weighted by molar-refractivity contribution is 9.10. The third-order valence-corrected chi connectivity index (χ3v) is 6.68. The van der Waals surface area contributed by atoms with Gasteiger partial charge in [-0.25, -0.2) is 9.37 Å². The number of anilines is 1. The lowest BCUT2D eigenvalue weighted by Crippen LogP contribution is -2.23. The Kier molecular flexibility index (Phi) is 8.90. The first-order valence-corrected chi connectivity index (χ1v) is 13.2. The number of nitrogens with one attached hydrogen (secondary N) is 1. The Hall–Kier alpha value is -4.16. The van der Waals surface area contributed by atoms with Gasteiger partial charge in [0.1, 0.15) is 11.6 Å². The van der Waals surface area contributed by atoms with Crippen LogP contribution in [0, 0.1) is 15.9 Å². The van der Waals surface area contributed by atoms with Crippen molar-refractivity contribution in [1.29, 1.82) is 0 Å². The van der Waals surface area contributed by atoms with Crippen molar-refractivity contribution >= 4 is 61.9 Å². The average molecular weight is 631 g/mol. The third kappa shape index (κ3) is 6.52. The minimum Gasteiger partial charge on any atom is -0.476 e. The molecule has 1 aromatic heterocycles. The van der Waals surface area contributed by atoms with Gasteiger partial charge in [0.05, 0.1) is 27.1 Å². The summed E-state index contributed by atoms with van der Waals surface area (Å²) >= 11 is 9.66. The summed E-state index contributed by atoms with van der Waals surface area (Å²) in [5, 5.41) is 18.7. The van der Waals surface area contributed by atoms with Gasteiger partial charge in [0.2, 0.25) is 5.75 Å². The Morgan fingerprint density at radius 3 is 2.77 bits per heavy atom. The zero-order valence-electron chi connectivity index (χ0n) is 21.2. The summed E-state index contributed by atoms with van der Waals surface area (Å²) in [6.07, 6.45) is 1.96. The Balaban J connectivity index is 1.64. The highest BCUT2D eigenvalue weighted by Crippen LogP contribution is 2.36. The molecule has 0 radical (unpaired) electrons. The van der Waals surface area contributed by atoms with Gasteiger partial charge in [-0.2, -0.15) is 9.78 Å². The molecule has 206 valence electrons. The molecule has 1 heterocycles. The minimum atomic E-state index is -0.713. The number of hydrogen-bond acceptors (Lipinski definition) is 7. The average Bonchev–Trinajstić information content (AvgIpc) is 2.91. The Morgan fingerprint density at radius 1 is 1.30 bits per heavy atom. The zero-order chi connectivity index (χ0) is 29.0. The largest absolute Gasteiger partial charge is 0.476 e. The summed E-state index contributed by atoms with van der Waals surface area (Å²) in [6, 6.07) is 12.9. The molecular weight excluding hydrogens is 609 g/mol. The highest BCUT2D eigenvalue weighted by Gasteiger charge is 2.22. The number of carbonyl (C=O) groups is 1. The third-order valence-electron chi connectivity index (χ3n) is 5.91. The molecule has 0 saturated carbocycles. The number of nitro benzene ring substituents is 1. The molecule has 1 N–H and O–H groups in total. The molecule has 13 heteroatoms. The summed E-state index contributed by atoms with van der Waals surface area (Å²) in [6.45, 7) is 3.25. The second-order valence-electron chi connectivity index (χ2n) is 8.76. The fraction of sp³-hybridized carbons (Fsp3) is 0.185. The van der Waals surface area contributed by atoms with Gasteiger partial charge in [-0.1, -0.05) is 47.4 Å². The normalized spacial score (nSPS) is 12.0. The van der Waals surface area contributed by atoms with Gasteiger partial charge >= 0.3 is 5.69 Å². The van der Waals surface area contributed by atoms with Crippen LogP contribution in [0.1, 0.15) is 37.6 Å². The van der Waals surface area contributed by atoms with E-state index in [2.05, 4.69) is 31.3 Å². The van der Waals surface area contributed by atoms with E-state index in [1.54, 1.807) is 18.2 Å². The first-order valence-electron chi connectivity index (χ1n) is 12.0. The monoisotopic (exact) mass is 629 g/mol. The number of fused-ring (bicyclic) bond motifs is 1. The number of ether oxygens (including phenoxy) is 1. The van der Waals surface area contributed by atoms with Crippen LogP contribution in [0.3, 0.4) is 0 Å². The number of nitrogens with zero attached hydrogens (tertiary/aromatic N) is 4. The molecular formula is C27H22BrClFN5O5. The van der Waals surface area contributed by atoms with E-state index in [1.165, 1.54) is 35.2 Å². The van der Waals surface area contributed by atoms with Gasteiger partial charge in [-0.3, -0.25) is 19.7 Å². The number of carbonyl (C=O) groups excluding carboxylic acids is 1. The van der Waals surface area contributed by atoms with Crippen LogP contribution in [0.25, 0.3) is 10.9 Å². The van der Waals surface area contributed by atoms with E-state index in [9.17, 15) is 24.1 Å². The maximum Gasteiger partial charge on any atom is 0.313 e. The molecule has 0 aliphatic carbocycles. The maximum absolute atomic E-state index is 13.3. The number of amides is 1. The van der Waals surface area contributed by atoms with E-state index in [1.807, 2.05) is 13.8 Å². The number of rotatable bonds is 9. The zero-order valence-corrected chi connectivity index (χ0v) is 23.6. The molecule has 40 heavy (non-hydrogen) atoms. The van der Waals surface area contributed by atoms with E-state index >= 15 is 0 Å². The lowest BCUT2D eigenvalue weighted by Gasteiger charge is -2.14. The predicted molar refractivity (Wildman–Crippen MR) is 154 cm³/mol. The van der Waals surface area contributed by atoms with Crippen molar-refractivity contribution in [1.82, 2.24) is 9.66 Å². The Labute approximate surface area is 240 Å². The van der Waals surface area contributed by atoms with Crippen LogP contribution in [-0.2, 0) is 4.79 Å². The van der Waals surface area contributed by atoms with Gasteiger partial charge in [-0.15, -0.1) is 0 Å². The molecule has 1 atom stereocenters. The Morgan fingerprint density at radius 2 is 2.08 bits per heavy atom. The highest BCUT2D eigenvalue weighted by atomic mass is 79.9. The van der Waals surface area contributed by atoms with Crippen LogP contribution in [0.5, 0.6) is 5.75 Å². The number of aromatic nitrogens is 2. The van der Waals surface area contributed by atoms with Crippen LogP contribution in [0.4, 0.5) is 15.8 Å². The molecule has 0 aliphatic rings. The van der Waals surface area contributed by atoms with Crippen molar-refractivity contribution in [2.24, 2.45) is 5.10 Å². The smallest absolute Gasteiger partial charge is 0.313 e. The summed E-state index contributed by atoms with van der Waals surface area (Å²) in [5.41, 5.74) is 0.0229. The molecule has 1 amide bonds. The topological polar surface area (TPSA) is 129 Å². The second kappa shape index (κ2) is 12.3. The SMILES string of the molecule is CC[C@H](C)c1nc2ccc(Br)cc2c(=O)n1N=Cc1cc(Cl)c(OCC(=O)Nc2cccc(F)c2)c([N+](=O)[O-])c1. The van der Waals surface area contributed by atoms with Gasteiger partial charge in [0.15, 0.2) is 6.61 Å². The molecule has 0 fully saturated rings.